The Balaban J connectivity index is 1.89. The molecule has 0 radical (unpaired) electrons. The van der Waals surface area contributed by atoms with Crippen LogP contribution in [-0.4, -0.2) is 47.7 Å². The Hall–Kier alpha value is -2.40. The minimum Gasteiger partial charge on any atom is -0.444 e. The van der Waals surface area contributed by atoms with E-state index < -0.39 is 5.60 Å². The number of ether oxygens (including phenoxy) is 1. The molecule has 1 fully saturated rings. The van der Waals surface area contributed by atoms with Crippen LogP contribution in [0.15, 0.2) is 29.3 Å². The lowest BCUT2D eigenvalue weighted by Gasteiger charge is -2.33. The van der Waals surface area contributed by atoms with Crippen LogP contribution in [-0.2, 0) is 4.74 Å². The molecule has 0 unspecified atom stereocenters. The third-order valence-corrected chi connectivity index (χ3v) is 4.91. The Morgan fingerprint density at radius 2 is 2.04 bits per heavy atom. The van der Waals surface area contributed by atoms with Crippen LogP contribution >= 0.6 is 11.8 Å². The minimum atomic E-state index is -0.463. The number of nitrogens with zero attached hydrogens (tertiary/aromatic N) is 3. The third-order valence-electron chi connectivity index (χ3n) is 4.33. The van der Waals surface area contributed by atoms with Crippen LogP contribution in [0.3, 0.4) is 0 Å². The lowest BCUT2D eigenvalue weighted by Crippen LogP contribution is -2.42. The van der Waals surface area contributed by atoms with E-state index in [2.05, 4.69) is 15.6 Å². The first-order valence-electron chi connectivity index (χ1n) is 9.41. The molecule has 2 N–H and O–H groups in total. The van der Waals surface area contributed by atoms with Gasteiger partial charge in [-0.05, 0) is 57.9 Å². The summed E-state index contributed by atoms with van der Waals surface area (Å²) in [4.78, 5) is 18.5. The summed E-state index contributed by atoms with van der Waals surface area (Å²) in [6.07, 6.45) is 5.42. The molecule has 1 aromatic carbocycles. The molecular formula is C20H29N5O2S. The number of piperidine rings is 1. The van der Waals surface area contributed by atoms with E-state index in [0.717, 1.165) is 30.8 Å². The number of hydrogen-bond donors (Lipinski definition) is 2. The van der Waals surface area contributed by atoms with Gasteiger partial charge in [0.2, 0.25) is 0 Å². The van der Waals surface area contributed by atoms with Crippen molar-refractivity contribution in [1.82, 2.24) is 10.2 Å². The average molecular weight is 404 g/mol. The quantitative estimate of drug-likeness (QED) is 0.339. The van der Waals surface area contributed by atoms with Crippen molar-refractivity contribution in [3.05, 3.63) is 24.3 Å². The highest BCUT2D eigenvalue weighted by Gasteiger charge is 2.26. The molecule has 1 saturated heterocycles. The normalized spacial score (nSPS) is 15.7. The number of aliphatic imine (C=N–C) groups is 1. The second-order valence-electron chi connectivity index (χ2n) is 7.67. The zero-order chi connectivity index (χ0) is 20.6. The van der Waals surface area contributed by atoms with Crippen molar-refractivity contribution in [2.45, 2.75) is 39.2 Å². The van der Waals surface area contributed by atoms with Crippen LogP contribution in [0.4, 0.5) is 16.2 Å². The van der Waals surface area contributed by atoms with Crippen LogP contribution < -0.4 is 10.6 Å². The minimum absolute atomic E-state index is 0.229. The highest BCUT2D eigenvalue weighted by Crippen LogP contribution is 2.27. The molecule has 152 valence electrons. The summed E-state index contributed by atoms with van der Waals surface area (Å²) in [5.41, 5.74) is 1.26. The highest BCUT2D eigenvalue weighted by molar-refractivity contribution is 8.13. The Labute approximate surface area is 171 Å². The Kier molecular flexibility index (Phi) is 8.00. The van der Waals surface area contributed by atoms with Crippen LogP contribution in [0.5, 0.6) is 0 Å². The number of anilines is 1. The maximum Gasteiger partial charge on any atom is 0.410 e. The summed E-state index contributed by atoms with van der Waals surface area (Å²) in [5.74, 6) is 0.480. The summed E-state index contributed by atoms with van der Waals surface area (Å²) < 4.78 is 5.45. The summed E-state index contributed by atoms with van der Waals surface area (Å²) >= 11 is 1.39. The SMILES string of the molecule is CSC(=Nc1ccccc1NCC1CCN(C(=O)OC(C)(C)C)CC1)NC#N. The zero-order valence-corrected chi connectivity index (χ0v) is 17.8. The second kappa shape index (κ2) is 10.2. The van der Waals surface area contributed by atoms with Gasteiger partial charge in [-0.2, -0.15) is 5.26 Å². The van der Waals surface area contributed by atoms with Gasteiger partial charge in [-0.25, -0.2) is 9.79 Å². The van der Waals surface area contributed by atoms with E-state index in [9.17, 15) is 4.79 Å². The summed E-state index contributed by atoms with van der Waals surface area (Å²) in [6.45, 7) is 7.89. The summed E-state index contributed by atoms with van der Waals surface area (Å²) in [6, 6.07) is 7.79. The fraction of sp³-hybridized carbons (Fsp3) is 0.550. The molecule has 0 aliphatic carbocycles. The van der Waals surface area contributed by atoms with E-state index in [1.165, 1.54) is 11.8 Å². The topological polar surface area (TPSA) is 89.8 Å². The van der Waals surface area contributed by atoms with E-state index in [0.29, 0.717) is 24.2 Å². The van der Waals surface area contributed by atoms with Gasteiger partial charge >= 0.3 is 6.09 Å². The number of nitriles is 1. The van der Waals surface area contributed by atoms with E-state index in [1.54, 1.807) is 4.90 Å². The number of para-hydroxylation sites is 2. The predicted octanol–water partition coefficient (Wildman–Crippen LogP) is 4.17. The maximum atomic E-state index is 12.2. The first-order valence-corrected chi connectivity index (χ1v) is 10.6. The smallest absolute Gasteiger partial charge is 0.410 e. The molecule has 28 heavy (non-hydrogen) atoms. The number of thioether (sulfide) groups is 1. The van der Waals surface area contributed by atoms with Crippen molar-refractivity contribution < 1.29 is 9.53 Å². The van der Waals surface area contributed by atoms with Gasteiger partial charge in [0, 0.05) is 19.6 Å². The van der Waals surface area contributed by atoms with E-state index in [4.69, 9.17) is 10.00 Å². The number of carbonyl (C=O) groups excluding carboxylic acids is 1. The van der Waals surface area contributed by atoms with Gasteiger partial charge in [-0.3, -0.25) is 5.32 Å². The van der Waals surface area contributed by atoms with Crippen molar-refractivity contribution >= 4 is 34.4 Å². The van der Waals surface area contributed by atoms with Crippen LogP contribution in [0.2, 0.25) is 0 Å². The number of amidine groups is 1. The lowest BCUT2D eigenvalue weighted by molar-refractivity contribution is 0.0188. The maximum absolute atomic E-state index is 12.2. The molecule has 0 saturated carbocycles. The summed E-state index contributed by atoms with van der Waals surface area (Å²) in [7, 11) is 0. The number of nitrogens with one attached hydrogen (secondary N) is 2. The van der Waals surface area contributed by atoms with Gasteiger partial charge in [-0.15, -0.1) is 0 Å². The predicted molar refractivity (Wildman–Crippen MR) is 115 cm³/mol. The van der Waals surface area contributed by atoms with Gasteiger partial charge < -0.3 is 15.0 Å². The Bertz CT molecular complexity index is 731. The number of hydrogen-bond acceptors (Lipinski definition) is 6. The van der Waals surface area contributed by atoms with Gasteiger partial charge in [0.1, 0.15) is 5.60 Å². The van der Waals surface area contributed by atoms with E-state index >= 15 is 0 Å². The van der Waals surface area contributed by atoms with Gasteiger partial charge in [0.05, 0.1) is 11.4 Å². The van der Waals surface area contributed by atoms with Crippen molar-refractivity contribution in [3.63, 3.8) is 0 Å². The Morgan fingerprint density at radius 1 is 1.36 bits per heavy atom. The molecule has 1 aromatic rings. The number of rotatable bonds is 4. The molecule has 1 aliphatic heterocycles. The standard InChI is InChI=1S/C20H29N5O2S/c1-20(2,3)27-19(26)25-11-9-15(10-12-25)13-22-16-7-5-6-8-17(16)24-18(28-4)23-14-21/h5-8,15,22H,9-13H2,1-4H3,(H,23,24). The second-order valence-corrected chi connectivity index (χ2v) is 8.46. The summed E-state index contributed by atoms with van der Waals surface area (Å²) in [5, 5.41) is 15.4. The monoisotopic (exact) mass is 403 g/mol. The van der Waals surface area contributed by atoms with Gasteiger partial charge in [0.25, 0.3) is 0 Å². The van der Waals surface area contributed by atoms with Crippen molar-refractivity contribution in [2.75, 3.05) is 31.2 Å². The van der Waals surface area contributed by atoms with Gasteiger partial charge in [-0.1, -0.05) is 23.9 Å². The first-order chi connectivity index (χ1) is 13.3. The first kappa shape index (κ1) is 21.9. The Morgan fingerprint density at radius 3 is 2.64 bits per heavy atom. The zero-order valence-electron chi connectivity index (χ0n) is 17.0. The molecule has 2 rings (SSSR count). The molecule has 7 nitrogen and oxygen atoms in total. The molecule has 1 aliphatic rings. The lowest BCUT2D eigenvalue weighted by atomic mass is 9.97. The molecular weight excluding hydrogens is 374 g/mol. The molecule has 0 aromatic heterocycles. The number of likely N-dealkylation sites (tertiary alicyclic amines) is 1. The number of benzene rings is 1. The molecule has 0 bridgehead atoms. The van der Waals surface area contributed by atoms with Crippen molar-refractivity contribution in [1.29, 1.82) is 5.26 Å². The average Bonchev–Trinajstić information content (AvgIpc) is 2.66. The van der Waals surface area contributed by atoms with E-state index in [-0.39, 0.29) is 6.09 Å². The highest BCUT2D eigenvalue weighted by atomic mass is 32.2. The van der Waals surface area contributed by atoms with E-state index in [1.807, 2.05) is 57.5 Å². The van der Waals surface area contributed by atoms with Crippen LogP contribution in [0, 0.1) is 17.4 Å². The largest absolute Gasteiger partial charge is 0.444 e. The molecule has 0 spiro atoms. The fourth-order valence-electron chi connectivity index (χ4n) is 2.90. The third kappa shape index (κ3) is 6.97. The number of amides is 1. The van der Waals surface area contributed by atoms with Gasteiger partial charge in [0.15, 0.2) is 11.4 Å². The molecule has 8 heteroatoms. The van der Waals surface area contributed by atoms with Crippen LogP contribution in [0.25, 0.3) is 0 Å². The molecule has 1 amide bonds. The fourth-order valence-corrected chi connectivity index (χ4v) is 3.24. The number of carbonyl (C=O) groups is 1. The van der Waals surface area contributed by atoms with Crippen molar-refractivity contribution in [3.8, 4) is 6.19 Å². The molecule has 0 atom stereocenters. The van der Waals surface area contributed by atoms with Crippen molar-refractivity contribution in [2.24, 2.45) is 10.9 Å². The van der Waals surface area contributed by atoms with Crippen LogP contribution in [0.1, 0.15) is 33.6 Å². The molecule has 1 heterocycles.